The Morgan fingerprint density at radius 1 is 0.971 bits per heavy atom. The zero-order valence-corrected chi connectivity index (χ0v) is 20.7. The minimum atomic E-state index is -0.232. The number of rotatable bonds is 8. The summed E-state index contributed by atoms with van der Waals surface area (Å²) < 4.78 is 9.36. The molecule has 0 N–H and O–H groups in total. The fraction of sp³-hybridized carbons (Fsp3) is 0.577. The van der Waals surface area contributed by atoms with Gasteiger partial charge in [-0.05, 0) is 71.2 Å². The molecule has 1 aromatic carbocycles. The standard InChI is InChI=1S/C26H35N5O3/c1-19(2)30-23(17-24(32)31(20(3)4)25(30)33)29-15-13-28(14-16-29)12-11-26(9-10-26)34-22-7-5-21(18-27)6-8-22/h5-8,17,19-20H,9-16H2,1-4H3. The molecule has 1 aromatic heterocycles. The van der Waals surface area contributed by atoms with Crippen molar-refractivity contribution in [2.24, 2.45) is 0 Å². The molecule has 2 aliphatic rings. The maximum atomic E-state index is 13.1. The average molecular weight is 466 g/mol. The Morgan fingerprint density at radius 2 is 1.59 bits per heavy atom. The normalized spacial score (nSPS) is 17.7. The molecule has 1 saturated heterocycles. The third kappa shape index (κ3) is 5.05. The lowest BCUT2D eigenvalue weighted by molar-refractivity contribution is 0.139. The molecule has 0 unspecified atom stereocenters. The summed E-state index contributed by atoms with van der Waals surface area (Å²) in [5, 5.41) is 8.96. The third-order valence-corrected chi connectivity index (χ3v) is 6.89. The predicted octanol–water partition coefficient (Wildman–Crippen LogP) is 3.17. The molecule has 1 saturated carbocycles. The maximum Gasteiger partial charge on any atom is 0.333 e. The van der Waals surface area contributed by atoms with Crippen molar-refractivity contribution in [2.45, 2.75) is 64.6 Å². The van der Waals surface area contributed by atoms with E-state index in [9.17, 15) is 9.59 Å². The second-order valence-electron chi connectivity index (χ2n) is 10.1. The van der Waals surface area contributed by atoms with Crippen LogP contribution in [0, 0.1) is 11.3 Å². The summed E-state index contributed by atoms with van der Waals surface area (Å²) in [6, 6.07) is 10.9. The lowest BCUT2D eigenvalue weighted by Gasteiger charge is -2.38. The molecule has 8 nitrogen and oxygen atoms in total. The van der Waals surface area contributed by atoms with E-state index < -0.39 is 0 Å². The van der Waals surface area contributed by atoms with Gasteiger partial charge >= 0.3 is 5.69 Å². The predicted molar refractivity (Wildman–Crippen MR) is 133 cm³/mol. The first-order valence-corrected chi connectivity index (χ1v) is 12.3. The van der Waals surface area contributed by atoms with E-state index in [0.29, 0.717) is 5.56 Å². The summed E-state index contributed by atoms with van der Waals surface area (Å²) in [6.45, 7) is 12.0. The Balaban J connectivity index is 1.37. The SMILES string of the molecule is CC(C)n1c(N2CCN(CCC3(Oc4ccc(C#N)cc4)CC3)CC2)cc(=O)n(C(C)C)c1=O. The van der Waals surface area contributed by atoms with Crippen molar-refractivity contribution in [1.29, 1.82) is 5.26 Å². The number of nitrogens with zero attached hydrogens (tertiary/aromatic N) is 5. The largest absolute Gasteiger partial charge is 0.487 e. The molecule has 0 radical (unpaired) electrons. The average Bonchev–Trinajstić information content (AvgIpc) is 3.57. The van der Waals surface area contributed by atoms with Crippen LogP contribution in [0.1, 0.15) is 64.6 Å². The number of aromatic nitrogens is 2. The molecule has 182 valence electrons. The van der Waals surface area contributed by atoms with Gasteiger partial charge in [-0.3, -0.25) is 18.8 Å². The van der Waals surface area contributed by atoms with Crippen molar-refractivity contribution in [3.8, 4) is 11.8 Å². The number of ether oxygens (including phenoxy) is 1. The molecule has 8 heteroatoms. The smallest absolute Gasteiger partial charge is 0.333 e. The Labute approximate surface area is 201 Å². The molecule has 1 aliphatic carbocycles. The monoisotopic (exact) mass is 465 g/mol. The van der Waals surface area contributed by atoms with Crippen molar-refractivity contribution in [1.82, 2.24) is 14.0 Å². The maximum absolute atomic E-state index is 13.1. The fourth-order valence-electron chi connectivity index (χ4n) is 4.71. The van der Waals surface area contributed by atoms with Gasteiger partial charge in [-0.15, -0.1) is 0 Å². The van der Waals surface area contributed by atoms with E-state index in [-0.39, 0.29) is 28.9 Å². The van der Waals surface area contributed by atoms with Gasteiger partial charge in [-0.1, -0.05) is 0 Å². The van der Waals surface area contributed by atoms with Crippen molar-refractivity contribution >= 4 is 5.82 Å². The Bertz CT molecular complexity index is 1160. The molecule has 4 rings (SSSR count). The van der Waals surface area contributed by atoms with Crippen LogP contribution in [0.3, 0.4) is 0 Å². The van der Waals surface area contributed by atoms with Crippen LogP contribution in [-0.2, 0) is 0 Å². The van der Waals surface area contributed by atoms with Crippen LogP contribution < -0.4 is 20.9 Å². The molecule has 2 fully saturated rings. The van der Waals surface area contributed by atoms with Gasteiger partial charge in [0.25, 0.3) is 5.56 Å². The van der Waals surface area contributed by atoms with Gasteiger partial charge in [-0.25, -0.2) is 4.79 Å². The lowest BCUT2D eigenvalue weighted by Crippen LogP contribution is -2.50. The van der Waals surface area contributed by atoms with E-state index in [1.165, 1.54) is 4.57 Å². The molecule has 0 atom stereocenters. The number of nitriles is 1. The Morgan fingerprint density at radius 3 is 2.12 bits per heavy atom. The highest BCUT2D eigenvalue weighted by atomic mass is 16.5. The summed E-state index contributed by atoms with van der Waals surface area (Å²) in [7, 11) is 0. The summed E-state index contributed by atoms with van der Waals surface area (Å²) in [5.41, 5.74) is 0.0834. The van der Waals surface area contributed by atoms with Crippen LogP contribution in [0.5, 0.6) is 5.75 Å². The van der Waals surface area contributed by atoms with Gasteiger partial charge in [0.2, 0.25) is 0 Å². The first kappa shape index (κ1) is 24.1. The van der Waals surface area contributed by atoms with E-state index in [4.69, 9.17) is 10.00 Å². The second kappa shape index (κ2) is 9.67. The van der Waals surface area contributed by atoms with Crippen molar-refractivity contribution < 1.29 is 4.74 Å². The van der Waals surface area contributed by atoms with E-state index >= 15 is 0 Å². The Hall–Kier alpha value is -3.05. The van der Waals surface area contributed by atoms with E-state index in [2.05, 4.69) is 15.9 Å². The quantitative estimate of drug-likeness (QED) is 0.596. The summed E-state index contributed by atoms with van der Waals surface area (Å²) >= 11 is 0. The van der Waals surface area contributed by atoms with Crippen LogP contribution in [0.15, 0.2) is 39.9 Å². The van der Waals surface area contributed by atoms with Crippen LogP contribution in [0.25, 0.3) is 0 Å². The van der Waals surface area contributed by atoms with Gasteiger partial charge in [-0.2, -0.15) is 5.26 Å². The molecule has 2 aromatic rings. The van der Waals surface area contributed by atoms with Crippen molar-refractivity contribution in [3.63, 3.8) is 0 Å². The number of benzene rings is 1. The highest BCUT2D eigenvalue weighted by molar-refractivity contribution is 5.40. The number of anilines is 1. The Kier molecular flexibility index (Phi) is 6.85. The first-order chi connectivity index (χ1) is 16.2. The fourth-order valence-corrected chi connectivity index (χ4v) is 4.71. The van der Waals surface area contributed by atoms with Crippen molar-refractivity contribution in [3.05, 3.63) is 56.7 Å². The van der Waals surface area contributed by atoms with Gasteiger partial charge in [0.15, 0.2) is 0 Å². The molecular formula is C26H35N5O3. The highest BCUT2D eigenvalue weighted by Gasteiger charge is 2.45. The van der Waals surface area contributed by atoms with Crippen LogP contribution in [0.2, 0.25) is 0 Å². The molecular weight excluding hydrogens is 430 g/mol. The lowest BCUT2D eigenvalue weighted by atomic mass is 10.2. The van der Waals surface area contributed by atoms with Gasteiger partial charge in [0.1, 0.15) is 17.2 Å². The number of hydrogen-bond acceptors (Lipinski definition) is 6. The van der Waals surface area contributed by atoms with E-state index in [1.807, 2.05) is 39.8 Å². The van der Waals surface area contributed by atoms with E-state index in [0.717, 1.165) is 63.6 Å². The zero-order chi connectivity index (χ0) is 24.5. The molecule has 2 heterocycles. The number of piperazine rings is 1. The minimum absolute atomic E-state index is 0.0276. The second-order valence-corrected chi connectivity index (χ2v) is 10.1. The molecule has 0 spiro atoms. The van der Waals surface area contributed by atoms with Gasteiger partial charge in [0.05, 0.1) is 11.6 Å². The van der Waals surface area contributed by atoms with Gasteiger partial charge in [0, 0.05) is 50.9 Å². The third-order valence-electron chi connectivity index (χ3n) is 6.89. The topological polar surface area (TPSA) is 83.5 Å². The van der Waals surface area contributed by atoms with Crippen LogP contribution in [-0.4, -0.2) is 52.4 Å². The van der Waals surface area contributed by atoms with Crippen LogP contribution in [0.4, 0.5) is 5.82 Å². The van der Waals surface area contributed by atoms with Gasteiger partial charge < -0.3 is 9.64 Å². The summed E-state index contributed by atoms with van der Waals surface area (Å²) in [4.78, 5) is 30.3. The molecule has 0 bridgehead atoms. The molecule has 0 amide bonds. The first-order valence-electron chi connectivity index (χ1n) is 12.3. The number of hydrogen-bond donors (Lipinski definition) is 0. The molecule has 1 aliphatic heterocycles. The zero-order valence-electron chi connectivity index (χ0n) is 20.7. The summed E-state index contributed by atoms with van der Waals surface area (Å²) in [5.74, 6) is 1.55. The van der Waals surface area contributed by atoms with Crippen LogP contribution >= 0.6 is 0 Å². The summed E-state index contributed by atoms with van der Waals surface area (Å²) in [6.07, 6.45) is 3.08. The van der Waals surface area contributed by atoms with E-state index in [1.54, 1.807) is 22.8 Å². The van der Waals surface area contributed by atoms with Crippen molar-refractivity contribution in [2.75, 3.05) is 37.6 Å². The molecule has 34 heavy (non-hydrogen) atoms. The minimum Gasteiger partial charge on any atom is -0.487 e. The highest BCUT2D eigenvalue weighted by Crippen LogP contribution is 2.43.